The number of piperazine rings is 1. The number of guanidine groups is 1. The van der Waals surface area contributed by atoms with Gasteiger partial charge in [0.25, 0.3) is 0 Å². The number of rotatable bonds is 7. The quantitative estimate of drug-likeness (QED) is 0.334. The third-order valence-corrected chi connectivity index (χ3v) is 6.09. The summed E-state index contributed by atoms with van der Waals surface area (Å²) in [6.45, 7) is 14.7. The molecule has 1 N–H and O–H groups in total. The summed E-state index contributed by atoms with van der Waals surface area (Å²) in [5.74, 6) is 2.62. The lowest BCUT2D eigenvalue weighted by Gasteiger charge is -2.36. The number of piperidine rings is 1. The molecule has 0 aliphatic carbocycles. The minimum absolute atomic E-state index is 0. The van der Waals surface area contributed by atoms with Crippen molar-refractivity contribution < 1.29 is 4.74 Å². The summed E-state index contributed by atoms with van der Waals surface area (Å²) in [7, 11) is 1.89. The molecule has 2 fully saturated rings. The van der Waals surface area contributed by atoms with E-state index in [1.54, 1.807) is 0 Å². The molecule has 0 amide bonds. The van der Waals surface area contributed by atoms with Gasteiger partial charge in [-0.15, -0.1) is 24.0 Å². The van der Waals surface area contributed by atoms with Gasteiger partial charge >= 0.3 is 0 Å². The fourth-order valence-electron chi connectivity index (χ4n) is 4.27. The van der Waals surface area contributed by atoms with Crippen molar-refractivity contribution in [2.24, 2.45) is 10.9 Å². The molecule has 6 nitrogen and oxygen atoms in total. The molecule has 0 saturated carbocycles. The van der Waals surface area contributed by atoms with Crippen molar-refractivity contribution in [1.29, 1.82) is 0 Å². The largest absolute Gasteiger partial charge is 0.490 e. The molecule has 2 saturated heterocycles. The van der Waals surface area contributed by atoms with Crippen LogP contribution in [0.3, 0.4) is 0 Å². The predicted octanol–water partition coefficient (Wildman–Crippen LogP) is 3.00. The zero-order valence-corrected chi connectivity index (χ0v) is 21.3. The zero-order valence-electron chi connectivity index (χ0n) is 18.9. The lowest BCUT2D eigenvalue weighted by atomic mass is 10.1. The van der Waals surface area contributed by atoms with Gasteiger partial charge in [0.05, 0.1) is 0 Å². The molecule has 2 aliphatic rings. The van der Waals surface area contributed by atoms with Crippen LogP contribution in [0.25, 0.3) is 0 Å². The highest BCUT2D eigenvalue weighted by Crippen LogP contribution is 2.18. The first-order valence-corrected chi connectivity index (χ1v) is 11.3. The smallest absolute Gasteiger partial charge is 0.193 e. The van der Waals surface area contributed by atoms with Crippen molar-refractivity contribution in [1.82, 2.24) is 20.0 Å². The molecule has 3 rings (SSSR count). The first-order valence-electron chi connectivity index (χ1n) is 11.3. The number of likely N-dealkylation sites (N-methyl/N-ethyl adjacent to an activating group) is 1. The highest BCUT2D eigenvalue weighted by atomic mass is 127. The average molecular weight is 530 g/mol. The topological polar surface area (TPSA) is 43.3 Å². The number of hydrogen-bond acceptors (Lipinski definition) is 4. The van der Waals surface area contributed by atoms with E-state index in [9.17, 15) is 0 Å². The van der Waals surface area contributed by atoms with Gasteiger partial charge in [0.15, 0.2) is 5.96 Å². The van der Waals surface area contributed by atoms with Gasteiger partial charge in [-0.2, -0.15) is 0 Å². The van der Waals surface area contributed by atoms with Crippen molar-refractivity contribution in [3.8, 4) is 5.75 Å². The van der Waals surface area contributed by atoms with Gasteiger partial charge in [0, 0.05) is 72.2 Å². The highest BCUT2D eigenvalue weighted by Gasteiger charge is 2.23. The maximum atomic E-state index is 6.12. The number of hydrogen-bond donors (Lipinski definition) is 1. The molecule has 0 bridgehead atoms. The zero-order chi connectivity index (χ0) is 20.5. The number of benzene rings is 1. The number of nitrogens with one attached hydrogen (secondary N) is 1. The summed E-state index contributed by atoms with van der Waals surface area (Å²) >= 11 is 0. The molecule has 170 valence electrons. The second-order valence-electron chi connectivity index (χ2n) is 8.39. The Kier molecular flexibility index (Phi) is 11.2. The van der Waals surface area contributed by atoms with Gasteiger partial charge in [-0.3, -0.25) is 4.99 Å². The maximum Gasteiger partial charge on any atom is 0.193 e. The van der Waals surface area contributed by atoms with Crippen molar-refractivity contribution >= 4 is 29.9 Å². The van der Waals surface area contributed by atoms with E-state index in [0.29, 0.717) is 12.0 Å². The van der Waals surface area contributed by atoms with Crippen molar-refractivity contribution in [2.45, 2.75) is 32.8 Å². The molecule has 2 heterocycles. The van der Waals surface area contributed by atoms with Crippen LogP contribution in [-0.4, -0.2) is 92.7 Å². The highest BCUT2D eigenvalue weighted by molar-refractivity contribution is 14.0. The normalized spacial score (nSPS) is 20.5. The number of likely N-dealkylation sites (tertiary alicyclic amines) is 1. The molecule has 1 aromatic carbocycles. The lowest BCUT2D eigenvalue weighted by molar-refractivity contribution is 0.123. The van der Waals surface area contributed by atoms with Crippen molar-refractivity contribution in [3.05, 3.63) is 30.3 Å². The average Bonchev–Trinajstić information content (AvgIpc) is 2.76. The molecule has 7 heteroatoms. The molecule has 0 radical (unpaired) electrons. The van der Waals surface area contributed by atoms with Crippen LogP contribution in [0.15, 0.2) is 35.3 Å². The van der Waals surface area contributed by atoms with Gasteiger partial charge in [-0.1, -0.05) is 32.0 Å². The summed E-state index contributed by atoms with van der Waals surface area (Å²) in [5.41, 5.74) is 0. The maximum absolute atomic E-state index is 6.12. The molecular weight excluding hydrogens is 489 g/mol. The van der Waals surface area contributed by atoms with Crippen LogP contribution in [0, 0.1) is 5.92 Å². The Hall–Kier alpha value is -1.06. The van der Waals surface area contributed by atoms with E-state index < -0.39 is 0 Å². The van der Waals surface area contributed by atoms with Gasteiger partial charge in [-0.25, -0.2) is 0 Å². The second-order valence-corrected chi connectivity index (χ2v) is 8.39. The molecular formula is C23H40IN5O. The Labute approximate surface area is 200 Å². The molecule has 1 atom stereocenters. The number of ether oxygens (including phenoxy) is 1. The van der Waals surface area contributed by atoms with Gasteiger partial charge in [0.2, 0.25) is 0 Å². The number of halogens is 1. The predicted molar refractivity (Wildman–Crippen MR) is 136 cm³/mol. The SMILES string of the molecule is CCN1CCN(CC(C)CNC(=NC)N2CCC(Oc3ccccc3)CC2)CC1.I. The summed E-state index contributed by atoms with van der Waals surface area (Å²) in [6, 6.07) is 10.2. The fourth-order valence-corrected chi connectivity index (χ4v) is 4.27. The van der Waals surface area contributed by atoms with Gasteiger partial charge in [-0.05, 0) is 24.6 Å². The first-order chi connectivity index (χ1) is 14.2. The lowest BCUT2D eigenvalue weighted by Crippen LogP contribution is -2.50. The Bertz CT molecular complexity index is 613. The van der Waals surface area contributed by atoms with Crippen molar-refractivity contribution in [3.63, 3.8) is 0 Å². The third kappa shape index (κ3) is 7.89. The van der Waals surface area contributed by atoms with E-state index in [1.807, 2.05) is 37.4 Å². The number of para-hydroxylation sites is 1. The van der Waals surface area contributed by atoms with Crippen LogP contribution in [0.1, 0.15) is 26.7 Å². The van der Waals surface area contributed by atoms with Crippen LogP contribution in [0.4, 0.5) is 0 Å². The van der Waals surface area contributed by atoms with Crippen LogP contribution in [0.5, 0.6) is 5.75 Å². The summed E-state index contributed by atoms with van der Waals surface area (Å²) < 4.78 is 6.12. The van der Waals surface area contributed by atoms with Gasteiger partial charge < -0.3 is 24.8 Å². The minimum atomic E-state index is 0. The number of nitrogens with zero attached hydrogens (tertiary/aromatic N) is 4. The van der Waals surface area contributed by atoms with Gasteiger partial charge in [0.1, 0.15) is 11.9 Å². The number of aliphatic imine (C=N–C) groups is 1. The van der Waals surface area contributed by atoms with Crippen LogP contribution < -0.4 is 10.1 Å². The minimum Gasteiger partial charge on any atom is -0.490 e. The molecule has 1 aromatic rings. The van der Waals surface area contributed by atoms with Crippen molar-refractivity contribution in [2.75, 3.05) is 66.0 Å². The summed E-state index contributed by atoms with van der Waals surface area (Å²) in [6.07, 6.45) is 2.37. The molecule has 30 heavy (non-hydrogen) atoms. The Morgan fingerprint density at radius 1 is 1.07 bits per heavy atom. The van der Waals surface area contributed by atoms with E-state index in [-0.39, 0.29) is 24.0 Å². The van der Waals surface area contributed by atoms with E-state index in [0.717, 1.165) is 50.7 Å². The van der Waals surface area contributed by atoms with E-state index in [2.05, 4.69) is 38.9 Å². The fraction of sp³-hybridized carbons (Fsp3) is 0.696. The standard InChI is InChI=1S/C23H39N5O.HI/c1-4-26-14-16-27(17-15-26)19-20(2)18-25-23(24-3)28-12-10-22(11-13-28)29-21-8-6-5-7-9-21;/h5-9,20,22H,4,10-19H2,1-3H3,(H,24,25);1H. The summed E-state index contributed by atoms with van der Waals surface area (Å²) in [5, 5.41) is 3.61. The first kappa shape index (κ1) is 25.2. The third-order valence-electron chi connectivity index (χ3n) is 6.09. The molecule has 2 aliphatic heterocycles. The Morgan fingerprint density at radius 2 is 1.70 bits per heavy atom. The van der Waals surface area contributed by atoms with Crippen LogP contribution in [-0.2, 0) is 0 Å². The van der Waals surface area contributed by atoms with Crippen LogP contribution >= 0.6 is 24.0 Å². The monoisotopic (exact) mass is 529 g/mol. The molecule has 1 unspecified atom stereocenters. The Morgan fingerprint density at radius 3 is 2.30 bits per heavy atom. The van der Waals surface area contributed by atoms with E-state index in [4.69, 9.17) is 4.74 Å². The summed E-state index contributed by atoms with van der Waals surface area (Å²) in [4.78, 5) is 12.0. The molecule has 0 spiro atoms. The van der Waals surface area contributed by atoms with Crippen LogP contribution in [0.2, 0.25) is 0 Å². The second kappa shape index (κ2) is 13.4. The van der Waals surface area contributed by atoms with E-state index >= 15 is 0 Å². The van der Waals surface area contributed by atoms with E-state index in [1.165, 1.54) is 32.7 Å². The molecule has 0 aromatic heterocycles. The Balaban J connectivity index is 0.00000320.